The zero-order valence-electron chi connectivity index (χ0n) is 16.5. The Hall–Kier alpha value is 0.0300. The standard InChI is InChI=1S/C16H20Cl6O9/c1-7(23)26-4-10-11(29-8(2)24)12(27-5-15(17,18)19)13(30-9(3)25)14(31-10)28-6-16(20,21)22/h10-14H,4-6H2,1-3H3/t10-,11+,12+,13-,14+/m1/s1. The van der Waals surface area contributed by atoms with Crippen LogP contribution in [0, 0.1) is 0 Å². The van der Waals surface area contributed by atoms with Gasteiger partial charge in [0.05, 0.1) is 13.2 Å². The van der Waals surface area contributed by atoms with Crippen LogP contribution in [0.25, 0.3) is 0 Å². The van der Waals surface area contributed by atoms with E-state index in [-0.39, 0.29) is 6.61 Å². The van der Waals surface area contributed by atoms with Crippen molar-refractivity contribution >= 4 is 87.5 Å². The molecule has 9 nitrogen and oxygen atoms in total. The number of hydrogen-bond acceptors (Lipinski definition) is 9. The summed E-state index contributed by atoms with van der Waals surface area (Å²) in [6.45, 7) is 2.07. The number of ether oxygens (including phenoxy) is 6. The van der Waals surface area contributed by atoms with E-state index in [1.807, 2.05) is 0 Å². The molecule has 5 atom stereocenters. The fraction of sp³-hybridized carbons (Fsp3) is 0.812. The second-order valence-electron chi connectivity index (χ2n) is 6.31. The molecule has 1 fully saturated rings. The molecule has 180 valence electrons. The Balaban J connectivity index is 3.31. The van der Waals surface area contributed by atoms with Gasteiger partial charge in [-0.05, 0) is 0 Å². The average Bonchev–Trinajstić information content (AvgIpc) is 2.56. The third-order valence-electron chi connectivity index (χ3n) is 3.50. The van der Waals surface area contributed by atoms with Crippen molar-refractivity contribution in [3.63, 3.8) is 0 Å². The van der Waals surface area contributed by atoms with Crippen LogP contribution in [-0.4, -0.2) is 76.0 Å². The first-order valence-electron chi connectivity index (χ1n) is 8.59. The molecule has 15 heteroatoms. The summed E-state index contributed by atoms with van der Waals surface area (Å²) in [5.41, 5.74) is 0. The van der Waals surface area contributed by atoms with Crippen molar-refractivity contribution < 1.29 is 42.8 Å². The van der Waals surface area contributed by atoms with Crippen LogP contribution in [0.4, 0.5) is 0 Å². The summed E-state index contributed by atoms with van der Waals surface area (Å²) < 4.78 is 28.6. The Bertz CT molecular complexity index is 636. The van der Waals surface area contributed by atoms with Crippen LogP contribution in [-0.2, 0) is 42.8 Å². The predicted octanol–water partition coefficient (Wildman–Crippen LogP) is 3.28. The third kappa shape index (κ3) is 11.6. The molecular weight excluding hydrogens is 549 g/mol. The van der Waals surface area contributed by atoms with Crippen LogP contribution in [0.15, 0.2) is 0 Å². The van der Waals surface area contributed by atoms with Gasteiger partial charge in [0.25, 0.3) is 0 Å². The van der Waals surface area contributed by atoms with Crippen LogP contribution in [0.1, 0.15) is 20.8 Å². The molecule has 1 rings (SSSR count). The fourth-order valence-electron chi connectivity index (χ4n) is 2.55. The maximum absolute atomic E-state index is 11.7. The monoisotopic (exact) mass is 566 g/mol. The van der Waals surface area contributed by atoms with Crippen LogP contribution in [0.3, 0.4) is 0 Å². The minimum atomic E-state index is -1.86. The number of esters is 3. The van der Waals surface area contributed by atoms with Gasteiger partial charge in [-0.15, -0.1) is 0 Å². The lowest BCUT2D eigenvalue weighted by Crippen LogP contribution is -2.63. The number of hydrogen-bond donors (Lipinski definition) is 0. The maximum atomic E-state index is 11.7. The third-order valence-corrected chi connectivity index (χ3v) is 4.15. The molecule has 0 aromatic heterocycles. The van der Waals surface area contributed by atoms with E-state index >= 15 is 0 Å². The summed E-state index contributed by atoms with van der Waals surface area (Å²) in [6, 6.07) is 0. The smallest absolute Gasteiger partial charge is 0.303 e. The van der Waals surface area contributed by atoms with Gasteiger partial charge in [0.15, 0.2) is 18.5 Å². The average molecular weight is 569 g/mol. The molecule has 1 aliphatic heterocycles. The van der Waals surface area contributed by atoms with Crippen molar-refractivity contribution in [1.82, 2.24) is 0 Å². The van der Waals surface area contributed by atoms with E-state index in [4.69, 9.17) is 98.0 Å². The quantitative estimate of drug-likeness (QED) is 0.248. The minimum absolute atomic E-state index is 0.374. The van der Waals surface area contributed by atoms with E-state index in [9.17, 15) is 14.4 Å². The van der Waals surface area contributed by atoms with Crippen LogP contribution in [0.2, 0.25) is 0 Å². The maximum Gasteiger partial charge on any atom is 0.303 e. The van der Waals surface area contributed by atoms with Crippen LogP contribution >= 0.6 is 69.6 Å². The SMILES string of the molecule is CC(=O)OC[C@H]1O[C@H](OCC(Cl)(Cl)Cl)[C@H](OC(C)=O)[C@@H](OCC(Cl)(Cl)Cl)[C@H]1OC(C)=O. The molecule has 31 heavy (non-hydrogen) atoms. The molecular formula is C16H20Cl6O9. The highest BCUT2D eigenvalue weighted by molar-refractivity contribution is 6.68. The van der Waals surface area contributed by atoms with Crippen molar-refractivity contribution in [1.29, 1.82) is 0 Å². The number of carbonyl (C=O) groups excluding carboxylic acids is 3. The largest absolute Gasteiger partial charge is 0.463 e. The van der Waals surface area contributed by atoms with E-state index in [0.29, 0.717) is 0 Å². The van der Waals surface area contributed by atoms with Crippen molar-refractivity contribution in [2.75, 3.05) is 19.8 Å². The second kappa shape index (κ2) is 12.5. The summed E-state index contributed by atoms with van der Waals surface area (Å²) in [6.07, 6.45) is -6.36. The van der Waals surface area contributed by atoms with Crippen molar-refractivity contribution in [2.45, 2.75) is 59.1 Å². The first-order chi connectivity index (χ1) is 14.1. The molecule has 0 bridgehead atoms. The van der Waals surface area contributed by atoms with Gasteiger partial charge in [0, 0.05) is 20.8 Å². The molecule has 1 heterocycles. The van der Waals surface area contributed by atoms with Crippen molar-refractivity contribution in [3.8, 4) is 0 Å². The molecule has 1 saturated heterocycles. The highest BCUT2D eigenvalue weighted by atomic mass is 35.6. The number of halogens is 6. The zero-order chi connectivity index (χ0) is 24.0. The second-order valence-corrected chi connectivity index (χ2v) is 11.3. The Kier molecular flexibility index (Phi) is 11.7. The molecule has 0 aromatic carbocycles. The molecule has 0 radical (unpaired) electrons. The lowest BCUT2D eigenvalue weighted by molar-refractivity contribution is -0.311. The molecule has 0 spiro atoms. The lowest BCUT2D eigenvalue weighted by Gasteiger charge is -2.45. The van der Waals surface area contributed by atoms with Gasteiger partial charge in [-0.25, -0.2) is 0 Å². The normalized spacial score (nSPS) is 26.8. The topological polar surface area (TPSA) is 107 Å². The van der Waals surface area contributed by atoms with E-state index in [0.717, 1.165) is 13.8 Å². The molecule has 0 amide bonds. The summed E-state index contributed by atoms with van der Waals surface area (Å²) in [5.74, 6) is -2.12. The van der Waals surface area contributed by atoms with Gasteiger partial charge in [0.1, 0.15) is 18.8 Å². The molecule has 1 aliphatic rings. The van der Waals surface area contributed by atoms with Gasteiger partial charge in [-0.2, -0.15) is 0 Å². The number of alkyl halides is 6. The van der Waals surface area contributed by atoms with Crippen molar-refractivity contribution in [2.24, 2.45) is 0 Å². The predicted molar refractivity (Wildman–Crippen MR) is 113 cm³/mol. The minimum Gasteiger partial charge on any atom is -0.463 e. The number of rotatable bonds is 8. The van der Waals surface area contributed by atoms with Gasteiger partial charge in [-0.3, -0.25) is 14.4 Å². The number of carbonyl (C=O) groups is 3. The zero-order valence-corrected chi connectivity index (χ0v) is 21.0. The molecule has 0 aliphatic carbocycles. The first-order valence-corrected chi connectivity index (χ1v) is 10.9. The van der Waals surface area contributed by atoms with Crippen molar-refractivity contribution in [3.05, 3.63) is 0 Å². The van der Waals surface area contributed by atoms with E-state index < -0.39 is 69.4 Å². The van der Waals surface area contributed by atoms with Crippen LogP contribution in [0.5, 0.6) is 0 Å². The fourth-order valence-corrected chi connectivity index (χ4v) is 2.93. The Morgan fingerprint density at radius 1 is 0.742 bits per heavy atom. The highest BCUT2D eigenvalue weighted by Crippen LogP contribution is 2.34. The summed E-state index contributed by atoms with van der Waals surface area (Å²) in [7, 11) is 0. The van der Waals surface area contributed by atoms with Gasteiger partial charge >= 0.3 is 17.9 Å². The van der Waals surface area contributed by atoms with E-state index in [2.05, 4.69) is 0 Å². The summed E-state index contributed by atoms with van der Waals surface area (Å²) in [4.78, 5) is 34.7. The summed E-state index contributed by atoms with van der Waals surface area (Å²) >= 11 is 34.4. The van der Waals surface area contributed by atoms with E-state index in [1.54, 1.807) is 0 Å². The first kappa shape index (κ1) is 29.1. The van der Waals surface area contributed by atoms with Crippen LogP contribution < -0.4 is 0 Å². The Labute approximate surface area is 208 Å². The Morgan fingerprint density at radius 2 is 1.23 bits per heavy atom. The molecule has 0 aromatic rings. The molecule has 0 saturated carbocycles. The Morgan fingerprint density at radius 3 is 1.68 bits per heavy atom. The van der Waals surface area contributed by atoms with Gasteiger partial charge < -0.3 is 28.4 Å². The lowest BCUT2D eigenvalue weighted by atomic mass is 9.98. The highest BCUT2D eigenvalue weighted by Gasteiger charge is 2.52. The van der Waals surface area contributed by atoms with Gasteiger partial charge in [0.2, 0.25) is 7.59 Å². The van der Waals surface area contributed by atoms with Gasteiger partial charge in [-0.1, -0.05) is 69.6 Å². The molecule has 0 unspecified atom stereocenters. The summed E-state index contributed by atoms with van der Waals surface area (Å²) in [5, 5.41) is 0. The molecule has 0 N–H and O–H groups in total. The van der Waals surface area contributed by atoms with E-state index in [1.165, 1.54) is 6.92 Å².